The maximum Gasteiger partial charge on any atom is 0.173 e. The molecule has 1 atom stereocenters. The molecule has 1 N–H and O–H groups in total. The molecule has 7 heteroatoms. The highest BCUT2D eigenvalue weighted by Crippen LogP contribution is 2.27. The van der Waals surface area contributed by atoms with Crippen molar-refractivity contribution in [2.75, 3.05) is 11.1 Å². The van der Waals surface area contributed by atoms with Crippen LogP contribution in [0.3, 0.4) is 0 Å². The zero-order valence-electron chi connectivity index (χ0n) is 11.9. The van der Waals surface area contributed by atoms with Crippen LogP contribution in [0, 0.1) is 6.92 Å². The van der Waals surface area contributed by atoms with Gasteiger partial charge in [0.2, 0.25) is 0 Å². The number of nitrogens with one attached hydrogen (secondary N) is 1. The van der Waals surface area contributed by atoms with E-state index in [1.807, 2.05) is 27.7 Å². The Morgan fingerprint density at radius 2 is 2.00 bits per heavy atom. The molecule has 0 fully saturated rings. The van der Waals surface area contributed by atoms with Crippen LogP contribution in [0.1, 0.15) is 32.2 Å². The van der Waals surface area contributed by atoms with Crippen LogP contribution in [0.2, 0.25) is 5.15 Å². The van der Waals surface area contributed by atoms with Crippen molar-refractivity contribution in [3.63, 3.8) is 0 Å². The van der Waals surface area contributed by atoms with E-state index >= 15 is 0 Å². The zero-order valence-corrected chi connectivity index (χ0v) is 13.5. The molecule has 1 aromatic rings. The molecule has 0 amide bonds. The molecule has 0 spiro atoms. The molecular formula is C13H18ClN3O2S. The van der Waals surface area contributed by atoms with Gasteiger partial charge in [0.05, 0.1) is 11.8 Å². The van der Waals surface area contributed by atoms with Gasteiger partial charge >= 0.3 is 0 Å². The molecule has 1 aromatic heterocycles. The third kappa shape index (κ3) is 3.30. The minimum absolute atomic E-state index is 0.0406. The van der Waals surface area contributed by atoms with E-state index in [0.29, 0.717) is 16.8 Å². The van der Waals surface area contributed by atoms with E-state index in [9.17, 15) is 8.42 Å². The second-order valence-electron chi connectivity index (χ2n) is 5.97. The largest absolute Gasteiger partial charge is 0.362 e. The highest BCUT2D eigenvalue weighted by atomic mass is 35.5. The predicted octanol–water partition coefficient (Wildman–Crippen LogP) is 2.46. The van der Waals surface area contributed by atoms with Crippen LogP contribution in [0.25, 0.3) is 0 Å². The lowest BCUT2D eigenvalue weighted by atomic mass is 9.95. The Labute approximate surface area is 124 Å². The normalized spacial score (nSPS) is 21.1. The predicted molar refractivity (Wildman–Crippen MR) is 80.8 cm³/mol. The number of halogens is 1. The molecular weight excluding hydrogens is 298 g/mol. The number of hydrogen-bond acceptors (Lipinski definition) is 5. The highest BCUT2D eigenvalue weighted by molar-refractivity contribution is 7.94. The van der Waals surface area contributed by atoms with E-state index in [-0.39, 0.29) is 17.2 Å². The molecule has 0 aromatic carbocycles. The molecule has 1 unspecified atom stereocenters. The summed E-state index contributed by atoms with van der Waals surface area (Å²) >= 11 is 6.14. The number of aromatic nitrogens is 2. The second kappa shape index (κ2) is 5.00. The minimum Gasteiger partial charge on any atom is -0.362 e. The molecule has 0 aliphatic carbocycles. The number of hydrogen-bond donors (Lipinski definition) is 1. The van der Waals surface area contributed by atoms with Crippen molar-refractivity contribution < 1.29 is 8.42 Å². The molecule has 2 heterocycles. The fourth-order valence-corrected chi connectivity index (χ4v) is 3.21. The van der Waals surface area contributed by atoms with Gasteiger partial charge in [0.15, 0.2) is 9.84 Å². The van der Waals surface area contributed by atoms with Gasteiger partial charge < -0.3 is 5.32 Å². The van der Waals surface area contributed by atoms with Crippen molar-refractivity contribution in [3.8, 4) is 0 Å². The SMILES string of the molecule is Cc1c(Cl)nc(C(C)(C)C)nc1NC1C=CS(=O)(=O)C1. The molecule has 0 saturated carbocycles. The van der Waals surface area contributed by atoms with Gasteiger partial charge in [-0.15, -0.1) is 0 Å². The third-order valence-electron chi connectivity index (χ3n) is 3.01. The monoisotopic (exact) mass is 315 g/mol. The molecule has 1 aliphatic heterocycles. The van der Waals surface area contributed by atoms with Gasteiger partial charge in [-0.1, -0.05) is 32.4 Å². The summed E-state index contributed by atoms with van der Waals surface area (Å²) in [5.74, 6) is 1.25. The standard InChI is InChI=1S/C13H18ClN3O2S/c1-8-10(14)16-12(13(2,3)4)17-11(8)15-9-5-6-20(18,19)7-9/h5-6,9H,7H2,1-4H3,(H,15,16,17). The van der Waals surface area contributed by atoms with Gasteiger partial charge in [-0.3, -0.25) is 0 Å². The van der Waals surface area contributed by atoms with E-state index in [2.05, 4.69) is 15.3 Å². The summed E-state index contributed by atoms with van der Waals surface area (Å²) in [6, 6.07) is -0.280. The minimum atomic E-state index is -3.10. The van der Waals surface area contributed by atoms with Crippen LogP contribution < -0.4 is 5.32 Å². The van der Waals surface area contributed by atoms with Gasteiger partial charge in [-0.25, -0.2) is 18.4 Å². The van der Waals surface area contributed by atoms with Gasteiger partial charge in [-0.05, 0) is 13.0 Å². The summed E-state index contributed by atoms with van der Waals surface area (Å²) in [6.45, 7) is 7.80. The summed E-state index contributed by atoms with van der Waals surface area (Å²) in [4.78, 5) is 8.77. The van der Waals surface area contributed by atoms with Crippen LogP contribution in [-0.2, 0) is 15.3 Å². The summed E-state index contributed by atoms with van der Waals surface area (Å²) in [5.41, 5.74) is 0.489. The van der Waals surface area contributed by atoms with Crippen LogP contribution >= 0.6 is 11.6 Å². The molecule has 0 bridgehead atoms. The van der Waals surface area contributed by atoms with Crippen LogP contribution in [0.4, 0.5) is 5.82 Å². The van der Waals surface area contributed by atoms with Gasteiger partial charge in [-0.2, -0.15) is 0 Å². The van der Waals surface area contributed by atoms with Crippen molar-refractivity contribution >= 4 is 27.3 Å². The van der Waals surface area contributed by atoms with Crippen LogP contribution in [0.5, 0.6) is 0 Å². The lowest BCUT2D eigenvalue weighted by Gasteiger charge is -2.20. The topological polar surface area (TPSA) is 72.0 Å². The lowest BCUT2D eigenvalue weighted by Crippen LogP contribution is -2.24. The molecule has 0 saturated heterocycles. The molecule has 0 radical (unpaired) electrons. The molecule has 20 heavy (non-hydrogen) atoms. The maximum absolute atomic E-state index is 11.4. The average Bonchev–Trinajstić information content (AvgIpc) is 2.63. The Kier molecular flexibility index (Phi) is 3.81. The highest BCUT2D eigenvalue weighted by Gasteiger charge is 2.25. The average molecular weight is 316 g/mol. The Balaban J connectivity index is 2.33. The van der Waals surface area contributed by atoms with Crippen LogP contribution in [0.15, 0.2) is 11.5 Å². The molecule has 1 aliphatic rings. The fraction of sp³-hybridized carbons (Fsp3) is 0.538. The number of anilines is 1. The maximum atomic E-state index is 11.4. The number of rotatable bonds is 2. The first-order valence-corrected chi connectivity index (χ1v) is 8.40. The van der Waals surface area contributed by atoms with E-state index in [4.69, 9.17) is 11.6 Å². The van der Waals surface area contributed by atoms with Gasteiger partial charge in [0, 0.05) is 16.4 Å². The summed E-state index contributed by atoms with van der Waals surface area (Å²) in [7, 11) is -3.10. The van der Waals surface area contributed by atoms with E-state index in [1.54, 1.807) is 6.08 Å². The Bertz CT molecular complexity index is 663. The molecule has 5 nitrogen and oxygen atoms in total. The van der Waals surface area contributed by atoms with Crippen molar-refractivity contribution in [3.05, 3.63) is 28.0 Å². The number of sulfone groups is 1. The Hall–Kier alpha value is -1.14. The first kappa shape index (κ1) is 15.3. The van der Waals surface area contributed by atoms with Gasteiger partial charge in [0.1, 0.15) is 16.8 Å². The number of nitrogens with zero attached hydrogens (tertiary/aromatic N) is 2. The van der Waals surface area contributed by atoms with E-state index in [1.165, 1.54) is 5.41 Å². The summed E-state index contributed by atoms with van der Waals surface area (Å²) in [6.07, 6.45) is 1.63. The van der Waals surface area contributed by atoms with Crippen molar-refractivity contribution in [1.29, 1.82) is 0 Å². The molecule has 2 rings (SSSR count). The quantitative estimate of drug-likeness (QED) is 0.849. The first-order valence-electron chi connectivity index (χ1n) is 6.30. The fourth-order valence-electron chi connectivity index (χ4n) is 1.81. The molecule has 110 valence electrons. The van der Waals surface area contributed by atoms with Gasteiger partial charge in [0.25, 0.3) is 0 Å². The van der Waals surface area contributed by atoms with E-state index < -0.39 is 9.84 Å². The smallest absolute Gasteiger partial charge is 0.173 e. The van der Waals surface area contributed by atoms with Crippen LogP contribution in [-0.4, -0.2) is 30.2 Å². The van der Waals surface area contributed by atoms with E-state index in [0.717, 1.165) is 5.56 Å². The first-order chi connectivity index (χ1) is 9.08. The zero-order chi connectivity index (χ0) is 15.1. The Morgan fingerprint density at radius 1 is 1.35 bits per heavy atom. The Morgan fingerprint density at radius 3 is 2.50 bits per heavy atom. The second-order valence-corrected chi connectivity index (χ2v) is 8.26. The van der Waals surface area contributed by atoms with Crippen molar-refractivity contribution in [2.24, 2.45) is 0 Å². The summed E-state index contributed by atoms with van der Waals surface area (Å²) < 4.78 is 22.8. The van der Waals surface area contributed by atoms with Crippen molar-refractivity contribution in [1.82, 2.24) is 9.97 Å². The lowest BCUT2D eigenvalue weighted by molar-refractivity contribution is 0.545. The third-order valence-corrected chi connectivity index (χ3v) is 4.77. The van der Waals surface area contributed by atoms with Crippen molar-refractivity contribution in [2.45, 2.75) is 39.2 Å². The summed E-state index contributed by atoms with van der Waals surface area (Å²) in [5, 5.41) is 4.73.